The van der Waals surface area contributed by atoms with Crippen LogP contribution in [-0.2, 0) is 20.9 Å². The molecular formula is C12H19N5O3. The van der Waals surface area contributed by atoms with Crippen molar-refractivity contribution in [3.05, 3.63) is 5.82 Å². The lowest BCUT2D eigenvalue weighted by Crippen LogP contribution is -2.33. The molecule has 1 saturated carbocycles. The Hall–Kier alpha value is -1.99. The summed E-state index contributed by atoms with van der Waals surface area (Å²) >= 11 is 0. The predicted octanol–water partition coefficient (Wildman–Crippen LogP) is 0.358. The lowest BCUT2D eigenvalue weighted by atomic mass is 9.95. The fourth-order valence-corrected chi connectivity index (χ4v) is 2.37. The van der Waals surface area contributed by atoms with Crippen LogP contribution in [0.4, 0.5) is 0 Å². The molecule has 0 saturated heterocycles. The van der Waals surface area contributed by atoms with E-state index in [1.54, 1.807) is 11.6 Å². The van der Waals surface area contributed by atoms with Crippen LogP contribution in [0.1, 0.15) is 50.9 Å². The largest absolute Gasteiger partial charge is 0.459 e. The summed E-state index contributed by atoms with van der Waals surface area (Å²) in [4.78, 5) is 22.6. The zero-order chi connectivity index (χ0) is 14.4. The first-order chi connectivity index (χ1) is 9.72. The zero-order valence-corrected chi connectivity index (χ0v) is 11.5. The Balaban J connectivity index is 1.91. The first-order valence-electron chi connectivity index (χ1n) is 6.94. The van der Waals surface area contributed by atoms with Crippen molar-refractivity contribution in [1.82, 2.24) is 25.5 Å². The summed E-state index contributed by atoms with van der Waals surface area (Å²) in [7, 11) is 0. The van der Waals surface area contributed by atoms with E-state index in [1.807, 2.05) is 0 Å². The second kappa shape index (κ2) is 6.97. The summed E-state index contributed by atoms with van der Waals surface area (Å²) in [6, 6.07) is 0.285. The van der Waals surface area contributed by atoms with Gasteiger partial charge >= 0.3 is 11.9 Å². The molecule has 0 unspecified atom stereocenters. The number of carbonyl (C=O) groups excluding carboxylic acids is 2. The maximum absolute atomic E-state index is 11.5. The Morgan fingerprint density at radius 3 is 2.80 bits per heavy atom. The van der Waals surface area contributed by atoms with Crippen LogP contribution >= 0.6 is 0 Å². The van der Waals surface area contributed by atoms with Gasteiger partial charge in [-0.1, -0.05) is 19.3 Å². The van der Waals surface area contributed by atoms with E-state index in [2.05, 4.69) is 25.6 Å². The lowest BCUT2D eigenvalue weighted by molar-refractivity contribution is -0.154. The molecule has 0 bridgehead atoms. The topological polar surface area (TPSA) is 99.0 Å². The van der Waals surface area contributed by atoms with Crippen LogP contribution in [-0.4, -0.2) is 38.7 Å². The van der Waals surface area contributed by atoms with E-state index < -0.39 is 11.9 Å². The van der Waals surface area contributed by atoms with Gasteiger partial charge in [-0.05, 0) is 30.2 Å². The summed E-state index contributed by atoms with van der Waals surface area (Å²) in [5, 5.41) is 14.0. The van der Waals surface area contributed by atoms with Gasteiger partial charge in [0.2, 0.25) is 0 Å². The molecule has 0 atom stereocenters. The molecule has 1 heterocycles. The van der Waals surface area contributed by atoms with Crippen molar-refractivity contribution in [3.63, 3.8) is 0 Å². The predicted molar refractivity (Wildman–Crippen MR) is 68.4 cm³/mol. The van der Waals surface area contributed by atoms with Crippen LogP contribution < -0.4 is 5.32 Å². The van der Waals surface area contributed by atoms with Gasteiger partial charge < -0.3 is 10.1 Å². The highest BCUT2D eigenvalue weighted by atomic mass is 16.5. The second-order valence-corrected chi connectivity index (χ2v) is 4.73. The Morgan fingerprint density at radius 2 is 2.10 bits per heavy atom. The molecule has 110 valence electrons. The monoisotopic (exact) mass is 281 g/mol. The molecule has 0 aliphatic heterocycles. The third-order valence-corrected chi connectivity index (χ3v) is 3.35. The highest BCUT2D eigenvalue weighted by molar-refractivity contribution is 6.32. The first-order valence-corrected chi connectivity index (χ1v) is 6.94. The van der Waals surface area contributed by atoms with Crippen molar-refractivity contribution in [3.8, 4) is 0 Å². The normalized spacial score (nSPS) is 15.8. The molecule has 1 aromatic rings. The number of aromatic nitrogens is 4. The number of hydrogen-bond acceptors (Lipinski definition) is 6. The molecule has 8 nitrogen and oxygen atoms in total. The molecule has 1 aromatic heterocycles. The van der Waals surface area contributed by atoms with E-state index in [1.165, 1.54) is 19.3 Å². The number of carbonyl (C=O) groups is 2. The molecule has 1 aliphatic rings. The average Bonchev–Trinajstić information content (AvgIpc) is 2.94. The number of nitrogens with one attached hydrogen (secondary N) is 1. The fraction of sp³-hybridized carbons (Fsp3) is 0.750. The minimum Gasteiger partial charge on any atom is -0.459 e. The Morgan fingerprint density at radius 1 is 1.35 bits per heavy atom. The first kappa shape index (κ1) is 14.4. The van der Waals surface area contributed by atoms with Gasteiger partial charge in [0.15, 0.2) is 5.82 Å². The fourth-order valence-electron chi connectivity index (χ4n) is 2.37. The summed E-state index contributed by atoms with van der Waals surface area (Å²) in [6.07, 6.45) is 5.67. The number of amides is 1. The van der Waals surface area contributed by atoms with Crippen molar-refractivity contribution in [2.24, 2.45) is 0 Å². The van der Waals surface area contributed by atoms with Gasteiger partial charge in [-0.15, -0.1) is 5.10 Å². The van der Waals surface area contributed by atoms with Crippen LogP contribution in [0.5, 0.6) is 0 Å². The molecule has 8 heteroatoms. The van der Waals surface area contributed by atoms with Gasteiger partial charge in [-0.2, -0.15) is 0 Å². The quantitative estimate of drug-likeness (QED) is 0.632. The molecule has 0 radical (unpaired) electrons. The maximum atomic E-state index is 11.5. The van der Waals surface area contributed by atoms with Crippen molar-refractivity contribution < 1.29 is 14.3 Å². The average molecular weight is 281 g/mol. The van der Waals surface area contributed by atoms with Crippen LogP contribution in [0, 0.1) is 0 Å². The minimum atomic E-state index is -0.885. The summed E-state index contributed by atoms with van der Waals surface area (Å²) < 4.78 is 6.37. The molecule has 1 amide bonds. The Labute approximate surface area is 116 Å². The van der Waals surface area contributed by atoms with Gasteiger partial charge in [-0.3, -0.25) is 4.79 Å². The van der Waals surface area contributed by atoms with Gasteiger partial charge in [0, 0.05) is 0 Å². The molecule has 20 heavy (non-hydrogen) atoms. The Kier molecular flexibility index (Phi) is 5.03. The summed E-state index contributed by atoms with van der Waals surface area (Å²) in [6.45, 7) is 1.95. The highest BCUT2D eigenvalue weighted by Crippen LogP contribution is 2.27. The van der Waals surface area contributed by atoms with E-state index in [9.17, 15) is 9.59 Å². The van der Waals surface area contributed by atoms with E-state index in [-0.39, 0.29) is 19.2 Å². The molecule has 0 spiro atoms. The Bertz CT molecular complexity index is 467. The van der Waals surface area contributed by atoms with Gasteiger partial charge in [0.25, 0.3) is 0 Å². The standard InChI is InChI=1S/C12H19N5O3/c1-2-20-12(19)11(18)13-8-10-14-15-16-17(10)9-6-4-3-5-7-9/h9H,2-8H2,1H3,(H,13,18). The third-order valence-electron chi connectivity index (χ3n) is 3.35. The van der Waals surface area contributed by atoms with Crippen LogP contribution in [0.3, 0.4) is 0 Å². The number of ether oxygens (including phenoxy) is 1. The zero-order valence-electron chi connectivity index (χ0n) is 11.5. The molecule has 1 aliphatic carbocycles. The summed E-state index contributed by atoms with van der Waals surface area (Å²) in [5.74, 6) is -1.09. The van der Waals surface area contributed by atoms with Gasteiger partial charge in [-0.25, -0.2) is 9.48 Å². The SMILES string of the molecule is CCOC(=O)C(=O)NCc1nnnn1C1CCCCC1. The molecule has 1 fully saturated rings. The van der Waals surface area contributed by atoms with Crippen LogP contribution in [0.25, 0.3) is 0 Å². The lowest BCUT2D eigenvalue weighted by Gasteiger charge is -2.22. The molecule has 2 rings (SSSR count). The van der Waals surface area contributed by atoms with E-state index in [4.69, 9.17) is 0 Å². The van der Waals surface area contributed by atoms with Crippen LogP contribution in [0.15, 0.2) is 0 Å². The molecule has 1 N–H and O–H groups in total. The van der Waals surface area contributed by atoms with E-state index >= 15 is 0 Å². The van der Waals surface area contributed by atoms with Gasteiger partial charge in [0.1, 0.15) is 0 Å². The van der Waals surface area contributed by atoms with Crippen molar-refractivity contribution in [2.45, 2.75) is 51.6 Å². The smallest absolute Gasteiger partial charge is 0.396 e. The number of rotatable bonds is 4. The number of tetrazole rings is 1. The van der Waals surface area contributed by atoms with Crippen LogP contribution in [0.2, 0.25) is 0 Å². The molecule has 0 aromatic carbocycles. The number of hydrogen-bond donors (Lipinski definition) is 1. The maximum Gasteiger partial charge on any atom is 0.396 e. The number of nitrogens with zero attached hydrogens (tertiary/aromatic N) is 4. The van der Waals surface area contributed by atoms with Gasteiger partial charge in [0.05, 0.1) is 19.2 Å². The third kappa shape index (κ3) is 3.52. The minimum absolute atomic E-state index is 0.126. The number of esters is 1. The van der Waals surface area contributed by atoms with Crippen molar-refractivity contribution in [1.29, 1.82) is 0 Å². The van der Waals surface area contributed by atoms with E-state index in [0.717, 1.165) is 12.8 Å². The highest BCUT2D eigenvalue weighted by Gasteiger charge is 2.21. The summed E-state index contributed by atoms with van der Waals surface area (Å²) in [5.41, 5.74) is 0. The van der Waals surface area contributed by atoms with Crippen molar-refractivity contribution in [2.75, 3.05) is 6.61 Å². The van der Waals surface area contributed by atoms with E-state index in [0.29, 0.717) is 5.82 Å². The second-order valence-electron chi connectivity index (χ2n) is 4.73. The van der Waals surface area contributed by atoms with Crippen molar-refractivity contribution >= 4 is 11.9 Å². The molecular weight excluding hydrogens is 262 g/mol.